The van der Waals surface area contributed by atoms with Gasteiger partial charge in [-0.15, -0.1) is 12.4 Å². The van der Waals surface area contributed by atoms with Gasteiger partial charge in [0.2, 0.25) is 0 Å². The smallest absolute Gasteiger partial charge is 0.258 e. The molecule has 0 unspecified atom stereocenters. The molecule has 2 aromatic rings. The molecule has 0 aliphatic heterocycles. The number of hydrogen-bond donors (Lipinski definition) is 2. The topological polar surface area (TPSA) is 68.8 Å². The van der Waals surface area contributed by atoms with E-state index < -0.39 is 0 Å². The lowest BCUT2D eigenvalue weighted by molar-refractivity contribution is -0.124. The molecule has 0 saturated carbocycles. The van der Waals surface area contributed by atoms with Crippen LogP contribution in [0.4, 0.5) is 0 Å². The van der Waals surface area contributed by atoms with Crippen LogP contribution >= 0.6 is 12.4 Å². The third-order valence-corrected chi connectivity index (χ3v) is 4.02. The second-order valence-corrected chi connectivity index (χ2v) is 7.72. The Kier molecular flexibility index (Phi) is 10.5. The van der Waals surface area contributed by atoms with Gasteiger partial charge >= 0.3 is 0 Å². The molecule has 0 heterocycles. The Morgan fingerprint density at radius 1 is 0.967 bits per heavy atom. The van der Waals surface area contributed by atoms with E-state index in [-0.39, 0.29) is 30.5 Å². The fourth-order valence-electron chi connectivity index (χ4n) is 2.84. The number of halogens is 1. The molecule has 0 aliphatic rings. The number of amides is 1. The summed E-state index contributed by atoms with van der Waals surface area (Å²) < 4.78 is 16.8. The summed E-state index contributed by atoms with van der Waals surface area (Å²) in [7, 11) is 1.67. The van der Waals surface area contributed by atoms with Crippen LogP contribution in [0.3, 0.4) is 0 Å². The molecule has 166 valence electrons. The molecule has 30 heavy (non-hydrogen) atoms. The van der Waals surface area contributed by atoms with Crippen LogP contribution in [0.25, 0.3) is 0 Å². The summed E-state index contributed by atoms with van der Waals surface area (Å²) in [5, 5.41) is 6.30. The Morgan fingerprint density at radius 3 is 2.37 bits per heavy atom. The lowest BCUT2D eigenvalue weighted by Gasteiger charge is -2.21. The van der Waals surface area contributed by atoms with E-state index in [0.29, 0.717) is 31.2 Å². The van der Waals surface area contributed by atoms with Crippen molar-refractivity contribution >= 4 is 18.3 Å². The van der Waals surface area contributed by atoms with Crippen LogP contribution in [0.15, 0.2) is 42.5 Å². The van der Waals surface area contributed by atoms with Crippen LogP contribution in [0, 0.1) is 0 Å². The van der Waals surface area contributed by atoms with Crippen molar-refractivity contribution in [1.82, 2.24) is 10.6 Å². The number of benzene rings is 2. The first-order valence-electron chi connectivity index (χ1n) is 9.84. The van der Waals surface area contributed by atoms with Crippen molar-refractivity contribution in [1.29, 1.82) is 0 Å². The van der Waals surface area contributed by atoms with Crippen molar-refractivity contribution in [3.8, 4) is 17.2 Å². The number of carbonyl (C=O) groups is 1. The number of nitrogens with one attached hydrogen (secondary N) is 2. The van der Waals surface area contributed by atoms with Gasteiger partial charge in [0.15, 0.2) is 18.1 Å². The van der Waals surface area contributed by atoms with Crippen LogP contribution in [-0.4, -0.2) is 31.8 Å². The zero-order chi connectivity index (χ0) is 21.3. The summed E-state index contributed by atoms with van der Waals surface area (Å²) in [6.45, 7) is 9.55. The number of carbonyl (C=O) groups excluding carboxylic acids is 1. The molecule has 0 aliphatic carbocycles. The predicted molar refractivity (Wildman–Crippen MR) is 122 cm³/mol. The highest BCUT2D eigenvalue weighted by molar-refractivity contribution is 5.85. The van der Waals surface area contributed by atoms with Gasteiger partial charge in [-0.3, -0.25) is 4.79 Å². The van der Waals surface area contributed by atoms with Gasteiger partial charge < -0.3 is 24.8 Å². The Bertz CT molecular complexity index is 806. The fourth-order valence-corrected chi connectivity index (χ4v) is 2.84. The second-order valence-electron chi connectivity index (χ2n) is 7.72. The summed E-state index contributed by atoms with van der Waals surface area (Å²) in [4.78, 5) is 12.0. The third kappa shape index (κ3) is 8.51. The van der Waals surface area contributed by atoms with Crippen molar-refractivity contribution in [2.24, 2.45) is 0 Å². The number of hydrogen-bond acceptors (Lipinski definition) is 5. The highest BCUT2D eigenvalue weighted by atomic mass is 35.5. The second kappa shape index (κ2) is 12.3. The van der Waals surface area contributed by atoms with Gasteiger partial charge in [-0.2, -0.15) is 0 Å². The van der Waals surface area contributed by atoms with E-state index in [1.165, 1.54) is 0 Å². The van der Waals surface area contributed by atoms with E-state index in [1.54, 1.807) is 7.11 Å². The first-order valence-corrected chi connectivity index (χ1v) is 9.84. The van der Waals surface area contributed by atoms with Crippen molar-refractivity contribution in [3.63, 3.8) is 0 Å². The van der Waals surface area contributed by atoms with Crippen molar-refractivity contribution in [3.05, 3.63) is 53.6 Å². The molecule has 6 nitrogen and oxygen atoms in total. The van der Waals surface area contributed by atoms with Crippen molar-refractivity contribution in [2.45, 2.75) is 46.3 Å². The maximum Gasteiger partial charge on any atom is 0.258 e. The monoisotopic (exact) mass is 436 g/mol. The molecule has 1 amide bonds. The van der Waals surface area contributed by atoms with E-state index in [2.05, 4.69) is 10.6 Å². The SMILES string of the molecule is CCOc1cc(CNCc2ccccc2OC)ccc1OCC(=O)NC(C)(C)C.Cl. The van der Waals surface area contributed by atoms with Gasteiger partial charge in [-0.25, -0.2) is 0 Å². The maximum absolute atomic E-state index is 12.0. The molecule has 0 saturated heterocycles. The highest BCUT2D eigenvalue weighted by Crippen LogP contribution is 2.28. The molecule has 2 aromatic carbocycles. The molecule has 0 spiro atoms. The quantitative estimate of drug-likeness (QED) is 0.586. The zero-order valence-corrected chi connectivity index (χ0v) is 19.2. The zero-order valence-electron chi connectivity index (χ0n) is 18.4. The summed E-state index contributed by atoms with van der Waals surface area (Å²) in [6.07, 6.45) is 0. The van der Waals surface area contributed by atoms with E-state index in [4.69, 9.17) is 14.2 Å². The first-order chi connectivity index (χ1) is 13.8. The minimum Gasteiger partial charge on any atom is -0.496 e. The van der Waals surface area contributed by atoms with Crippen LogP contribution in [-0.2, 0) is 17.9 Å². The maximum atomic E-state index is 12.0. The molecule has 0 fully saturated rings. The normalized spacial score (nSPS) is 10.7. The third-order valence-electron chi connectivity index (χ3n) is 4.02. The molecule has 0 bridgehead atoms. The Labute approximate surface area is 185 Å². The van der Waals surface area contributed by atoms with E-state index in [1.807, 2.05) is 70.2 Å². The number of ether oxygens (including phenoxy) is 3. The summed E-state index contributed by atoms with van der Waals surface area (Å²) in [6, 6.07) is 13.7. The fraction of sp³-hybridized carbons (Fsp3) is 0.435. The minimum absolute atomic E-state index is 0. The van der Waals surface area contributed by atoms with Gasteiger partial charge in [0.1, 0.15) is 5.75 Å². The predicted octanol–water partition coefficient (Wildman–Crippen LogP) is 4.10. The van der Waals surface area contributed by atoms with Gasteiger partial charge in [0.05, 0.1) is 13.7 Å². The lowest BCUT2D eigenvalue weighted by Crippen LogP contribution is -2.43. The lowest BCUT2D eigenvalue weighted by atomic mass is 10.1. The number of rotatable bonds is 10. The molecule has 2 rings (SSSR count). The van der Waals surface area contributed by atoms with Crippen LogP contribution in [0.1, 0.15) is 38.8 Å². The summed E-state index contributed by atoms with van der Waals surface area (Å²) in [5.74, 6) is 1.90. The number of para-hydroxylation sites is 1. The van der Waals surface area contributed by atoms with E-state index in [0.717, 1.165) is 16.9 Å². The largest absolute Gasteiger partial charge is 0.496 e. The molecule has 0 radical (unpaired) electrons. The first kappa shape index (κ1) is 25.6. The molecular weight excluding hydrogens is 404 g/mol. The average molecular weight is 437 g/mol. The Hall–Kier alpha value is -2.44. The summed E-state index contributed by atoms with van der Waals surface area (Å²) in [5.41, 5.74) is 1.87. The summed E-state index contributed by atoms with van der Waals surface area (Å²) >= 11 is 0. The highest BCUT2D eigenvalue weighted by Gasteiger charge is 2.15. The van der Waals surface area contributed by atoms with Gasteiger partial charge in [0, 0.05) is 24.2 Å². The van der Waals surface area contributed by atoms with Crippen molar-refractivity contribution < 1.29 is 19.0 Å². The Balaban J connectivity index is 0.00000450. The van der Waals surface area contributed by atoms with Gasteiger partial charge in [0.25, 0.3) is 5.91 Å². The minimum atomic E-state index is -0.292. The molecular formula is C23H33ClN2O4. The van der Waals surface area contributed by atoms with E-state index in [9.17, 15) is 4.79 Å². The van der Waals surface area contributed by atoms with Crippen molar-refractivity contribution in [2.75, 3.05) is 20.3 Å². The van der Waals surface area contributed by atoms with Crippen LogP contribution in [0.5, 0.6) is 17.2 Å². The molecule has 0 aromatic heterocycles. The molecule has 7 heteroatoms. The average Bonchev–Trinajstić information content (AvgIpc) is 2.66. The van der Waals surface area contributed by atoms with Gasteiger partial charge in [-0.1, -0.05) is 24.3 Å². The molecule has 2 N–H and O–H groups in total. The van der Waals surface area contributed by atoms with Gasteiger partial charge in [-0.05, 0) is 51.5 Å². The van der Waals surface area contributed by atoms with Crippen LogP contribution < -0.4 is 24.8 Å². The standard InChI is InChI=1S/C23H32N2O4.ClH/c1-6-28-21-13-17(14-24-15-18-9-7-8-10-19(18)27-5)11-12-20(21)29-16-22(26)25-23(2,3)4;/h7-13,24H,6,14-16H2,1-5H3,(H,25,26);1H. The van der Waals surface area contributed by atoms with E-state index >= 15 is 0 Å². The van der Waals surface area contributed by atoms with Crippen LogP contribution in [0.2, 0.25) is 0 Å². The Morgan fingerprint density at radius 2 is 1.70 bits per heavy atom. The molecule has 0 atom stereocenters. The number of methoxy groups -OCH3 is 1.